The van der Waals surface area contributed by atoms with Crippen LogP contribution >= 0.6 is 8.38 Å². The molecule has 0 unspecified atom stereocenters. The van der Waals surface area contributed by atoms with E-state index in [1.165, 1.54) is 0 Å². The van der Waals surface area contributed by atoms with Crippen LogP contribution in [0.25, 0.3) is 0 Å². The van der Waals surface area contributed by atoms with Crippen molar-refractivity contribution in [2.24, 2.45) is 5.16 Å². The van der Waals surface area contributed by atoms with E-state index in [-0.39, 0.29) is 0 Å². The van der Waals surface area contributed by atoms with Gasteiger partial charge in [-0.1, -0.05) is 71.9 Å². The van der Waals surface area contributed by atoms with Gasteiger partial charge in [0.15, 0.2) is 0 Å². The normalized spacial score (nSPS) is 11.3. The third-order valence-electron chi connectivity index (χ3n) is 3.41. The first-order chi connectivity index (χ1) is 12.3. The molecule has 0 amide bonds. The number of hydrogen-bond donors (Lipinski definition) is 1. The number of para-hydroxylation sites is 2. The molecule has 3 aromatic carbocycles. The Kier molecular flexibility index (Phi) is 6.02. The van der Waals surface area contributed by atoms with Crippen LogP contribution in [0.15, 0.2) is 96.2 Å². The minimum absolute atomic E-state index is 0.361. The van der Waals surface area contributed by atoms with Crippen molar-refractivity contribution in [3.8, 4) is 11.5 Å². The first kappa shape index (κ1) is 17.0. The predicted octanol–water partition coefficient (Wildman–Crippen LogP) is 5.33. The number of rotatable bonds is 7. The van der Waals surface area contributed by atoms with E-state index in [0.29, 0.717) is 11.9 Å². The van der Waals surface area contributed by atoms with Crippen LogP contribution in [0.5, 0.6) is 11.5 Å². The Morgan fingerprint density at radius 1 is 0.720 bits per heavy atom. The third kappa shape index (κ3) is 5.07. The maximum absolute atomic E-state index is 9.45. The van der Waals surface area contributed by atoms with Crippen LogP contribution in [-0.2, 0) is 0 Å². The average Bonchev–Trinajstić information content (AvgIpc) is 2.68. The van der Waals surface area contributed by atoms with Gasteiger partial charge in [0.25, 0.3) is 8.38 Å². The van der Waals surface area contributed by atoms with Crippen molar-refractivity contribution in [1.29, 1.82) is 0 Å². The Hall–Kier alpha value is -2.84. The average molecular weight is 351 g/mol. The Balaban J connectivity index is 1.80. The van der Waals surface area contributed by atoms with Crippen LogP contribution in [0.4, 0.5) is 0 Å². The van der Waals surface area contributed by atoms with Crippen LogP contribution in [0.1, 0.15) is 5.56 Å². The highest BCUT2D eigenvalue weighted by atomic mass is 31.2. The lowest BCUT2D eigenvalue weighted by Crippen LogP contribution is -2.11. The second-order valence-electron chi connectivity index (χ2n) is 5.21. The van der Waals surface area contributed by atoms with Crippen LogP contribution in [0.3, 0.4) is 0 Å². The highest BCUT2D eigenvalue weighted by molar-refractivity contribution is 7.49. The monoisotopic (exact) mass is 351 g/mol. The standard InChI is InChI=1S/C20H18NO3P/c22-21-20(17-10-4-1-5-11-17)16-25(23-18-12-6-2-7-13-18)24-19-14-8-3-9-15-19/h1-15,22H,16H2. The molecule has 126 valence electrons. The maximum atomic E-state index is 9.45. The van der Waals surface area contributed by atoms with Gasteiger partial charge in [-0.05, 0) is 29.8 Å². The van der Waals surface area contributed by atoms with Crippen molar-refractivity contribution in [2.45, 2.75) is 0 Å². The quantitative estimate of drug-likeness (QED) is 0.271. The van der Waals surface area contributed by atoms with E-state index in [4.69, 9.17) is 9.05 Å². The van der Waals surface area contributed by atoms with Crippen molar-refractivity contribution in [1.82, 2.24) is 0 Å². The van der Waals surface area contributed by atoms with Gasteiger partial charge in [0.05, 0.1) is 11.9 Å². The van der Waals surface area contributed by atoms with E-state index >= 15 is 0 Å². The fourth-order valence-electron chi connectivity index (χ4n) is 2.21. The van der Waals surface area contributed by atoms with E-state index in [1.807, 2.05) is 91.0 Å². The predicted molar refractivity (Wildman–Crippen MR) is 101 cm³/mol. The molecule has 25 heavy (non-hydrogen) atoms. The van der Waals surface area contributed by atoms with Crippen molar-refractivity contribution < 1.29 is 14.3 Å². The van der Waals surface area contributed by atoms with E-state index in [1.54, 1.807) is 0 Å². The first-order valence-electron chi connectivity index (χ1n) is 7.85. The molecule has 0 aromatic heterocycles. The fourth-order valence-corrected chi connectivity index (χ4v) is 3.58. The first-order valence-corrected chi connectivity index (χ1v) is 9.21. The number of benzene rings is 3. The zero-order valence-electron chi connectivity index (χ0n) is 13.5. The lowest BCUT2D eigenvalue weighted by atomic mass is 10.1. The Bertz CT molecular complexity index is 753. The van der Waals surface area contributed by atoms with E-state index in [9.17, 15) is 5.21 Å². The second-order valence-corrected chi connectivity index (χ2v) is 6.56. The van der Waals surface area contributed by atoms with E-state index in [0.717, 1.165) is 17.1 Å². The van der Waals surface area contributed by atoms with Crippen LogP contribution in [-0.4, -0.2) is 17.1 Å². The summed E-state index contributed by atoms with van der Waals surface area (Å²) in [4.78, 5) is 0. The molecular formula is C20H18NO3P. The Morgan fingerprint density at radius 3 is 1.60 bits per heavy atom. The Labute approximate surface area is 148 Å². The summed E-state index contributed by atoms with van der Waals surface area (Å²) in [6, 6.07) is 28.5. The molecule has 0 heterocycles. The van der Waals surface area contributed by atoms with Gasteiger partial charge < -0.3 is 14.3 Å². The summed E-state index contributed by atoms with van der Waals surface area (Å²) in [6.45, 7) is 0. The molecule has 0 aliphatic heterocycles. The van der Waals surface area contributed by atoms with Gasteiger partial charge in [-0.3, -0.25) is 0 Å². The molecule has 0 atom stereocenters. The molecule has 0 aliphatic rings. The highest BCUT2D eigenvalue weighted by Crippen LogP contribution is 2.40. The molecule has 0 spiro atoms. The molecule has 5 heteroatoms. The SMILES string of the molecule is ON=C(CP(Oc1ccccc1)Oc1ccccc1)c1ccccc1. The van der Waals surface area contributed by atoms with Gasteiger partial charge in [-0.25, -0.2) is 0 Å². The van der Waals surface area contributed by atoms with Gasteiger partial charge >= 0.3 is 0 Å². The van der Waals surface area contributed by atoms with Gasteiger partial charge in [0, 0.05) is 0 Å². The lowest BCUT2D eigenvalue weighted by molar-refractivity contribution is 0.319. The van der Waals surface area contributed by atoms with Crippen LogP contribution < -0.4 is 9.05 Å². The molecule has 0 saturated carbocycles. The fraction of sp³-hybridized carbons (Fsp3) is 0.0500. The van der Waals surface area contributed by atoms with Gasteiger partial charge in [0.2, 0.25) is 0 Å². The minimum atomic E-state index is -1.37. The van der Waals surface area contributed by atoms with Crippen molar-refractivity contribution in [2.75, 3.05) is 6.16 Å². The van der Waals surface area contributed by atoms with Gasteiger partial charge in [-0.15, -0.1) is 0 Å². The summed E-state index contributed by atoms with van der Waals surface area (Å²) in [5.74, 6) is 1.43. The molecule has 0 bridgehead atoms. The minimum Gasteiger partial charge on any atom is -0.438 e. The molecule has 0 aliphatic carbocycles. The molecule has 4 nitrogen and oxygen atoms in total. The molecule has 3 aromatic rings. The molecule has 3 rings (SSSR count). The van der Waals surface area contributed by atoms with Crippen LogP contribution in [0.2, 0.25) is 0 Å². The third-order valence-corrected chi connectivity index (χ3v) is 4.79. The van der Waals surface area contributed by atoms with E-state index in [2.05, 4.69) is 5.16 Å². The molecule has 1 N–H and O–H groups in total. The smallest absolute Gasteiger partial charge is 0.296 e. The summed E-state index contributed by atoms with van der Waals surface area (Å²) in [7, 11) is -1.37. The number of hydrogen-bond acceptors (Lipinski definition) is 4. The summed E-state index contributed by atoms with van der Waals surface area (Å²) in [5, 5.41) is 12.9. The largest absolute Gasteiger partial charge is 0.438 e. The maximum Gasteiger partial charge on any atom is 0.296 e. The van der Waals surface area contributed by atoms with Crippen molar-refractivity contribution in [3.63, 3.8) is 0 Å². The second kappa shape index (κ2) is 8.86. The summed E-state index contributed by atoms with van der Waals surface area (Å²) in [5.41, 5.74) is 1.37. The lowest BCUT2D eigenvalue weighted by Gasteiger charge is -2.19. The zero-order chi connectivity index (χ0) is 17.3. The summed E-state index contributed by atoms with van der Waals surface area (Å²) >= 11 is 0. The van der Waals surface area contributed by atoms with E-state index < -0.39 is 8.38 Å². The van der Waals surface area contributed by atoms with Gasteiger partial charge in [0.1, 0.15) is 11.5 Å². The Morgan fingerprint density at radius 2 is 1.16 bits per heavy atom. The van der Waals surface area contributed by atoms with Gasteiger partial charge in [-0.2, -0.15) is 0 Å². The number of oxime groups is 1. The molecule has 0 saturated heterocycles. The van der Waals surface area contributed by atoms with Crippen molar-refractivity contribution in [3.05, 3.63) is 96.6 Å². The van der Waals surface area contributed by atoms with Crippen LogP contribution in [0, 0.1) is 0 Å². The van der Waals surface area contributed by atoms with Crippen molar-refractivity contribution >= 4 is 14.1 Å². The topological polar surface area (TPSA) is 51.1 Å². The summed E-state index contributed by atoms with van der Waals surface area (Å²) < 4.78 is 12.0. The number of nitrogens with zero attached hydrogens (tertiary/aromatic N) is 1. The highest BCUT2D eigenvalue weighted by Gasteiger charge is 2.20. The molecular weight excluding hydrogens is 333 g/mol. The molecule has 0 radical (unpaired) electrons. The zero-order valence-corrected chi connectivity index (χ0v) is 14.4. The summed E-state index contributed by atoms with van der Waals surface area (Å²) in [6.07, 6.45) is 0.361. The molecule has 0 fully saturated rings.